The van der Waals surface area contributed by atoms with E-state index in [0.717, 1.165) is 31.5 Å². The zero-order chi connectivity index (χ0) is 14.6. The normalized spacial score (nSPS) is 26.5. The van der Waals surface area contributed by atoms with Crippen molar-refractivity contribution in [3.63, 3.8) is 0 Å². The summed E-state index contributed by atoms with van der Waals surface area (Å²) in [5.74, 6) is -0.210. The predicted octanol–water partition coefficient (Wildman–Crippen LogP) is 2.94. The standard InChI is InChI=1S/C16H25FN2O/c1-3-19(14-9-7-13(17)8-10-14)16(12-18)11-5-4-6-15(16)20-2/h7-10,15H,3-6,11-12,18H2,1-2H3. The quantitative estimate of drug-likeness (QED) is 0.901. The second kappa shape index (κ2) is 6.55. The van der Waals surface area contributed by atoms with Gasteiger partial charge in [0.1, 0.15) is 5.82 Å². The number of methoxy groups -OCH3 is 1. The molecule has 1 fully saturated rings. The van der Waals surface area contributed by atoms with Crippen LogP contribution in [0.25, 0.3) is 0 Å². The third-order valence-electron chi connectivity index (χ3n) is 4.56. The minimum absolute atomic E-state index is 0.131. The molecule has 2 rings (SSSR count). The van der Waals surface area contributed by atoms with Crippen LogP contribution >= 0.6 is 0 Å². The van der Waals surface area contributed by atoms with Crippen LogP contribution < -0.4 is 10.6 Å². The fraction of sp³-hybridized carbons (Fsp3) is 0.625. The summed E-state index contributed by atoms with van der Waals surface area (Å²) in [5, 5.41) is 0. The second-order valence-electron chi connectivity index (χ2n) is 5.50. The fourth-order valence-electron chi connectivity index (χ4n) is 3.56. The van der Waals surface area contributed by atoms with Crippen molar-refractivity contribution in [3.8, 4) is 0 Å². The number of hydrogen-bond acceptors (Lipinski definition) is 3. The van der Waals surface area contributed by atoms with E-state index in [1.807, 2.05) is 12.1 Å². The highest BCUT2D eigenvalue weighted by Crippen LogP contribution is 2.37. The first-order valence-electron chi connectivity index (χ1n) is 7.44. The molecule has 1 aromatic rings. The van der Waals surface area contributed by atoms with E-state index < -0.39 is 0 Å². The minimum Gasteiger partial charge on any atom is -0.379 e. The largest absolute Gasteiger partial charge is 0.379 e. The van der Waals surface area contributed by atoms with E-state index >= 15 is 0 Å². The molecule has 1 saturated carbocycles. The zero-order valence-electron chi connectivity index (χ0n) is 12.4. The summed E-state index contributed by atoms with van der Waals surface area (Å²) in [6, 6.07) is 6.68. The van der Waals surface area contributed by atoms with Crippen LogP contribution in [0.15, 0.2) is 24.3 Å². The van der Waals surface area contributed by atoms with Crippen LogP contribution in [0.1, 0.15) is 32.6 Å². The average molecular weight is 280 g/mol. The predicted molar refractivity (Wildman–Crippen MR) is 80.5 cm³/mol. The van der Waals surface area contributed by atoms with Gasteiger partial charge in [-0.2, -0.15) is 0 Å². The lowest BCUT2D eigenvalue weighted by Gasteiger charge is -2.51. The van der Waals surface area contributed by atoms with Crippen LogP contribution in [0.4, 0.5) is 10.1 Å². The summed E-state index contributed by atoms with van der Waals surface area (Å²) in [6.45, 7) is 3.50. The lowest BCUT2D eigenvalue weighted by molar-refractivity contribution is 0.00595. The van der Waals surface area contributed by atoms with Crippen molar-refractivity contribution in [2.24, 2.45) is 5.73 Å². The molecule has 0 bridgehead atoms. The monoisotopic (exact) mass is 280 g/mol. The second-order valence-corrected chi connectivity index (χ2v) is 5.50. The molecule has 3 nitrogen and oxygen atoms in total. The molecule has 0 spiro atoms. The lowest BCUT2D eigenvalue weighted by atomic mass is 9.77. The van der Waals surface area contributed by atoms with Gasteiger partial charge in [-0.3, -0.25) is 0 Å². The first-order chi connectivity index (χ1) is 9.67. The number of nitrogens with two attached hydrogens (primary N) is 1. The molecular formula is C16H25FN2O. The molecule has 2 atom stereocenters. The highest BCUT2D eigenvalue weighted by atomic mass is 19.1. The van der Waals surface area contributed by atoms with Crippen LogP contribution in [0.3, 0.4) is 0 Å². The molecule has 0 aromatic heterocycles. The Kier molecular flexibility index (Phi) is 5.00. The van der Waals surface area contributed by atoms with E-state index in [-0.39, 0.29) is 17.5 Å². The third-order valence-corrected chi connectivity index (χ3v) is 4.56. The molecule has 2 unspecified atom stereocenters. The summed E-state index contributed by atoms with van der Waals surface area (Å²) in [7, 11) is 1.76. The number of anilines is 1. The van der Waals surface area contributed by atoms with E-state index in [4.69, 9.17) is 10.5 Å². The number of ether oxygens (including phenoxy) is 1. The third kappa shape index (κ3) is 2.67. The lowest BCUT2D eigenvalue weighted by Crippen LogP contribution is -2.63. The Hall–Kier alpha value is -1.13. The summed E-state index contributed by atoms with van der Waals surface area (Å²) < 4.78 is 18.9. The Labute approximate surface area is 120 Å². The van der Waals surface area contributed by atoms with Gasteiger partial charge in [-0.1, -0.05) is 12.8 Å². The van der Waals surface area contributed by atoms with E-state index in [1.165, 1.54) is 18.6 Å². The molecule has 1 aliphatic carbocycles. The maximum atomic E-state index is 13.1. The molecule has 2 N–H and O–H groups in total. The van der Waals surface area contributed by atoms with E-state index in [0.29, 0.717) is 6.54 Å². The minimum atomic E-state index is -0.210. The molecule has 0 saturated heterocycles. The average Bonchev–Trinajstić information content (AvgIpc) is 2.50. The fourth-order valence-corrected chi connectivity index (χ4v) is 3.56. The SMILES string of the molecule is CCN(c1ccc(F)cc1)C1(CN)CCCCC1OC. The van der Waals surface area contributed by atoms with Crippen LogP contribution in [-0.4, -0.2) is 31.8 Å². The van der Waals surface area contributed by atoms with Gasteiger partial charge in [-0.05, 0) is 44.0 Å². The first-order valence-corrected chi connectivity index (χ1v) is 7.44. The van der Waals surface area contributed by atoms with Gasteiger partial charge >= 0.3 is 0 Å². The van der Waals surface area contributed by atoms with Crippen LogP contribution in [-0.2, 0) is 4.74 Å². The van der Waals surface area contributed by atoms with Crippen molar-refractivity contribution >= 4 is 5.69 Å². The van der Waals surface area contributed by atoms with Gasteiger partial charge in [0.25, 0.3) is 0 Å². The van der Waals surface area contributed by atoms with Gasteiger partial charge < -0.3 is 15.4 Å². The van der Waals surface area contributed by atoms with Gasteiger partial charge in [0, 0.05) is 25.9 Å². The maximum Gasteiger partial charge on any atom is 0.123 e. The molecule has 1 aromatic carbocycles. The van der Waals surface area contributed by atoms with Gasteiger partial charge in [0.05, 0.1) is 11.6 Å². The molecule has 0 radical (unpaired) electrons. The summed E-state index contributed by atoms with van der Waals surface area (Å²) >= 11 is 0. The van der Waals surface area contributed by atoms with Gasteiger partial charge in [-0.15, -0.1) is 0 Å². The van der Waals surface area contributed by atoms with Crippen molar-refractivity contribution in [1.29, 1.82) is 0 Å². The van der Waals surface area contributed by atoms with Crippen molar-refractivity contribution < 1.29 is 9.13 Å². The molecule has 20 heavy (non-hydrogen) atoms. The maximum absolute atomic E-state index is 13.1. The Morgan fingerprint density at radius 2 is 2.05 bits per heavy atom. The highest BCUT2D eigenvalue weighted by Gasteiger charge is 2.44. The van der Waals surface area contributed by atoms with Gasteiger partial charge in [0.15, 0.2) is 0 Å². The molecule has 4 heteroatoms. The van der Waals surface area contributed by atoms with Crippen LogP contribution in [0.5, 0.6) is 0 Å². The van der Waals surface area contributed by atoms with Gasteiger partial charge in [-0.25, -0.2) is 4.39 Å². The van der Waals surface area contributed by atoms with Crippen molar-refractivity contribution in [2.45, 2.75) is 44.2 Å². The zero-order valence-corrected chi connectivity index (χ0v) is 12.4. The number of rotatable bonds is 5. The molecular weight excluding hydrogens is 255 g/mol. The molecule has 0 aliphatic heterocycles. The number of halogens is 1. The van der Waals surface area contributed by atoms with Crippen LogP contribution in [0.2, 0.25) is 0 Å². The van der Waals surface area contributed by atoms with Crippen molar-refractivity contribution in [2.75, 3.05) is 25.1 Å². The number of hydrogen-bond donors (Lipinski definition) is 1. The molecule has 0 amide bonds. The highest BCUT2D eigenvalue weighted by molar-refractivity contribution is 5.50. The van der Waals surface area contributed by atoms with Crippen molar-refractivity contribution in [1.82, 2.24) is 0 Å². The summed E-state index contributed by atoms with van der Waals surface area (Å²) in [5.41, 5.74) is 6.99. The molecule has 1 aliphatic rings. The molecule has 0 heterocycles. The number of nitrogens with zero attached hydrogens (tertiary/aromatic N) is 1. The Morgan fingerprint density at radius 3 is 2.60 bits per heavy atom. The Bertz CT molecular complexity index is 423. The van der Waals surface area contributed by atoms with E-state index in [9.17, 15) is 4.39 Å². The van der Waals surface area contributed by atoms with Crippen LogP contribution in [0, 0.1) is 5.82 Å². The Balaban J connectivity index is 2.37. The number of benzene rings is 1. The van der Waals surface area contributed by atoms with E-state index in [2.05, 4.69) is 11.8 Å². The first kappa shape index (κ1) is 15.3. The molecule has 112 valence electrons. The van der Waals surface area contributed by atoms with Gasteiger partial charge in [0.2, 0.25) is 0 Å². The summed E-state index contributed by atoms with van der Waals surface area (Å²) in [4.78, 5) is 2.29. The van der Waals surface area contributed by atoms with E-state index in [1.54, 1.807) is 7.11 Å². The Morgan fingerprint density at radius 1 is 1.35 bits per heavy atom. The number of likely N-dealkylation sites (N-methyl/N-ethyl adjacent to an activating group) is 1. The van der Waals surface area contributed by atoms with Crippen molar-refractivity contribution in [3.05, 3.63) is 30.1 Å². The smallest absolute Gasteiger partial charge is 0.123 e. The summed E-state index contributed by atoms with van der Waals surface area (Å²) in [6.07, 6.45) is 4.53. The topological polar surface area (TPSA) is 38.5 Å².